The second kappa shape index (κ2) is 6.52. The monoisotopic (exact) mass is 262 g/mol. The predicted octanol–water partition coefficient (Wildman–Crippen LogP) is 2.97. The number of hydrogen-bond donors (Lipinski definition) is 1. The van der Waals surface area contributed by atoms with Gasteiger partial charge in [0.15, 0.2) is 0 Å². The maximum atomic E-state index is 5.36. The van der Waals surface area contributed by atoms with Crippen LogP contribution in [0.5, 0.6) is 5.75 Å². The number of nitrogens with zero attached hydrogens (tertiary/aromatic N) is 1. The van der Waals surface area contributed by atoms with Crippen LogP contribution in [0.15, 0.2) is 29.6 Å². The summed E-state index contributed by atoms with van der Waals surface area (Å²) in [4.78, 5) is 4.67. The molecule has 0 atom stereocenters. The number of para-hydroxylation sites is 1. The van der Waals surface area contributed by atoms with Gasteiger partial charge in [-0.3, -0.25) is 0 Å². The minimum atomic E-state index is 0.883. The lowest BCUT2D eigenvalue weighted by molar-refractivity contribution is 0.416. The summed E-state index contributed by atoms with van der Waals surface area (Å²) in [6, 6.07) is 8.01. The van der Waals surface area contributed by atoms with Crippen molar-refractivity contribution in [2.24, 2.45) is 0 Å². The van der Waals surface area contributed by atoms with Crippen LogP contribution in [0.2, 0.25) is 0 Å². The number of thiazole rings is 1. The minimum Gasteiger partial charge on any atom is -0.496 e. The molecule has 0 aliphatic carbocycles. The number of methoxy groups -OCH3 is 1. The highest BCUT2D eigenvalue weighted by molar-refractivity contribution is 7.13. The van der Waals surface area contributed by atoms with E-state index in [2.05, 4.69) is 21.7 Å². The lowest BCUT2D eigenvalue weighted by atomic mass is 10.2. The molecule has 2 rings (SSSR count). The highest BCUT2D eigenvalue weighted by Crippen LogP contribution is 2.31. The molecule has 1 aromatic carbocycles. The lowest BCUT2D eigenvalue weighted by Gasteiger charge is -2.04. The van der Waals surface area contributed by atoms with Gasteiger partial charge in [-0.15, -0.1) is 11.3 Å². The molecule has 18 heavy (non-hydrogen) atoms. The first kappa shape index (κ1) is 13.1. The van der Waals surface area contributed by atoms with Crippen LogP contribution in [0.4, 0.5) is 0 Å². The molecule has 0 unspecified atom stereocenters. The highest BCUT2D eigenvalue weighted by Gasteiger charge is 2.09. The van der Waals surface area contributed by atoms with E-state index in [0.29, 0.717) is 0 Å². The van der Waals surface area contributed by atoms with E-state index in [1.54, 1.807) is 18.4 Å². The third kappa shape index (κ3) is 3.09. The zero-order valence-electron chi connectivity index (χ0n) is 10.8. The molecule has 0 spiro atoms. The number of hydrogen-bond acceptors (Lipinski definition) is 4. The van der Waals surface area contributed by atoms with Gasteiger partial charge in [0, 0.05) is 5.38 Å². The van der Waals surface area contributed by atoms with E-state index in [-0.39, 0.29) is 0 Å². The summed E-state index contributed by atoms with van der Waals surface area (Å²) in [6.45, 7) is 1.03. The molecule has 4 heteroatoms. The van der Waals surface area contributed by atoms with Crippen LogP contribution < -0.4 is 10.1 Å². The second-order valence-corrected chi connectivity index (χ2v) is 4.91. The maximum Gasteiger partial charge on any atom is 0.129 e. The van der Waals surface area contributed by atoms with E-state index >= 15 is 0 Å². The van der Waals surface area contributed by atoms with E-state index in [9.17, 15) is 0 Å². The van der Waals surface area contributed by atoms with Gasteiger partial charge in [0.05, 0.1) is 18.4 Å². The fraction of sp³-hybridized carbons (Fsp3) is 0.357. The van der Waals surface area contributed by atoms with E-state index in [1.807, 2.05) is 25.2 Å². The van der Waals surface area contributed by atoms with Crippen molar-refractivity contribution >= 4 is 11.3 Å². The van der Waals surface area contributed by atoms with Crippen molar-refractivity contribution in [3.8, 4) is 16.3 Å². The average molecular weight is 262 g/mol. The van der Waals surface area contributed by atoms with E-state index in [4.69, 9.17) is 4.74 Å². The van der Waals surface area contributed by atoms with E-state index in [0.717, 1.165) is 41.4 Å². The van der Waals surface area contributed by atoms with Crippen LogP contribution in [0, 0.1) is 0 Å². The smallest absolute Gasteiger partial charge is 0.129 e. The number of aryl methyl sites for hydroxylation is 1. The Hall–Kier alpha value is -1.39. The Morgan fingerprint density at radius 3 is 2.94 bits per heavy atom. The number of aromatic nitrogens is 1. The molecular weight excluding hydrogens is 244 g/mol. The molecule has 2 aromatic rings. The van der Waals surface area contributed by atoms with Crippen molar-refractivity contribution < 1.29 is 4.74 Å². The minimum absolute atomic E-state index is 0.883. The fourth-order valence-electron chi connectivity index (χ4n) is 1.81. The number of ether oxygens (including phenoxy) is 1. The largest absolute Gasteiger partial charge is 0.496 e. The van der Waals surface area contributed by atoms with Gasteiger partial charge in [0.2, 0.25) is 0 Å². The van der Waals surface area contributed by atoms with Crippen molar-refractivity contribution in [2.45, 2.75) is 12.8 Å². The normalized spacial score (nSPS) is 10.6. The molecule has 0 fully saturated rings. The molecule has 0 amide bonds. The van der Waals surface area contributed by atoms with Gasteiger partial charge >= 0.3 is 0 Å². The zero-order valence-corrected chi connectivity index (χ0v) is 11.6. The van der Waals surface area contributed by atoms with Crippen LogP contribution in [0.25, 0.3) is 10.6 Å². The topological polar surface area (TPSA) is 34.1 Å². The van der Waals surface area contributed by atoms with Crippen LogP contribution in [0.1, 0.15) is 12.1 Å². The van der Waals surface area contributed by atoms with E-state index in [1.165, 1.54) is 0 Å². The number of rotatable bonds is 6. The SMILES string of the molecule is CNCCCc1csc(-c2ccccc2OC)n1. The quantitative estimate of drug-likeness (QED) is 0.813. The van der Waals surface area contributed by atoms with Crippen molar-refractivity contribution in [3.05, 3.63) is 35.3 Å². The molecule has 0 saturated carbocycles. The van der Waals surface area contributed by atoms with Crippen LogP contribution in [-0.2, 0) is 6.42 Å². The molecule has 1 aromatic heterocycles. The van der Waals surface area contributed by atoms with Gasteiger partial charge < -0.3 is 10.1 Å². The third-order valence-corrected chi connectivity index (χ3v) is 3.67. The molecule has 0 radical (unpaired) electrons. The average Bonchev–Trinajstić information content (AvgIpc) is 2.88. The summed E-state index contributed by atoms with van der Waals surface area (Å²) in [6.07, 6.45) is 2.14. The standard InChI is InChI=1S/C14H18N2OS/c1-15-9-5-6-11-10-18-14(16-11)12-7-3-4-8-13(12)17-2/h3-4,7-8,10,15H,5-6,9H2,1-2H3. The predicted molar refractivity (Wildman–Crippen MR) is 76.3 cm³/mol. The Labute approximate surface area is 112 Å². The number of benzene rings is 1. The number of nitrogens with one attached hydrogen (secondary N) is 1. The first-order valence-electron chi connectivity index (χ1n) is 6.07. The van der Waals surface area contributed by atoms with Crippen LogP contribution >= 0.6 is 11.3 Å². The van der Waals surface area contributed by atoms with Gasteiger partial charge in [0.25, 0.3) is 0 Å². The van der Waals surface area contributed by atoms with Crippen molar-refractivity contribution in [3.63, 3.8) is 0 Å². The molecule has 0 aliphatic heterocycles. The zero-order chi connectivity index (χ0) is 12.8. The molecule has 3 nitrogen and oxygen atoms in total. The van der Waals surface area contributed by atoms with Crippen LogP contribution in [0.3, 0.4) is 0 Å². The maximum absolute atomic E-state index is 5.36. The molecule has 1 N–H and O–H groups in total. The van der Waals surface area contributed by atoms with Crippen molar-refractivity contribution in [1.29, 1.82) is 0 Å². The highest BCUT2D eigenvalue weighted by atomic mass is 32.1. The Morgan fingerprint density at radius 2 is 2.17 bits per heavy atom. The van der Waals surface area contributed by atoms with Gasteiger partial charge in [-0.05, 0) is 38.6 Å². The van der Waals surface area contributed by atoms with Gasteiger partial charge in [-0.25, -0.2) is 4.98 Å². The Bertz CT molecular complexity index is 496. The Kier molecular flexibility index (Phi) is 4.73. The van der Waals surface area contributed by atoms with Gasteiger partial charge in [-0.2, -0.15) is 0 Å². The lowest BCUT2D eigenvalue weighted by Crippen LogP contribution is -2.08. The molecule has 0 aliphatic rings. The third-order valence-electron chi connectivity index (χ3n) is 2.75. The summed E-state index contributed by atoms with van der Waals surface area (Å²) in [5.41, 5.74) is 2.24. The summed E-state index contributed by atoms with van der Waals surface area (Å²) in [5, 5.41) is 6.32. The first-order valence-corrected chi connectivity index (χ1v) is 6.95. The van der Waals surface area contributed by atoms with Crippen molar-refractivity contribution in [2.75, 3.05) is 20.7 Å². The Balaban J connectivity index is 2.13. The molecule has 1 heterocycles. The van der Waals surface area contributed by atoms with Crippen molar-refractivity contribution in [1.82, 2.24) is 10.3 Å². The summed E-state index contributed by atoms with van der Waals surface area (Å²) in [5.74, 6) is 0.883. The van der Waals surface area contributed by atoms with Gasteiger partial charge in [0.1, 0.15) is 10.8 Å². The van der Waals surface area contributed by atoms with Crippen LogP contribution in [-0.4, -0.2) is 25.7 Å². The molecule has 0 saturated heterocycles. The second-order valence-electron chi connectivity index (χ2n) is 4.05. The fourth-order valence-corrected chi connectivity index (χ4v) is 2.70. The Morgan fingerprint density at radius 1 is 1.33 bits per heavy atom. The molecule has 96 valence electrons. The summed E-state index contributed by atoms with van der Waals surface area (Å²) >= 11 is 1.68. The summed E-state index contributed by atoms with van der Waals surface area (Å²) < 4.78 is 5.36. The van der Waals surface area contributed by atoms with E-state index < -0.39 is 0 Å². The summed E-state index contributed by atoms with van der Waals surface area (Å²) in [7, 11) is 3.67. The van der Waals surface area contributed by atoms with Gasteiger partial charge in [-0.1, -0.05) is 12.1 Å². The molecular formula is C14H18N2OS. The molecule has 0 bridgehead atoms. The first-order chi connectivity index (χ1) is 8.85.